The van der Waals surface area contributed by atoms with Crippen LogP contribution in [-0.4, -0.2) is 21.4 Å². The number of carbonyl (C=O) groups is 1. The van der Waals surface area contributed by atoms with Crippen LogP contribution < -0.4 is 0 Å². The Morgan fingerprint density at radius 3 is 2.33 bits per heavy atom. The molecule has 134 valence electrons. The Kier molecular flexibility index (Phi) is 5.49. The minimum Gasteiger partial charge on any atom is -0.266 e. The van der Waals surface area contributed by atoms with Crippen molar-refractivity contribution in [3.8, 4) is 11.8 Å². The van der Waals surface area contributed by atoms with Crippen LogP contribution in [-0.2, 0) is 9.73 Å². The second-order valence-electron chi connectivity index (χ2n) is 6.09. The SMILES string of the molecule is Cc1ccc(C#Cc2cncc(C(=O)N=S(C)(=O)c3ccccc3)c2)cc1. The first-order valence-electron chi connectivity index (χ1n) is 8.29. The summed E-state index contributed by atoms with van der Waals surface area (Å²) in [7, 11) is -2.82. The third-order valence-corrected chi connectivity index (χ3v) is 5.49. The highest BCUT2D eigenvalue weighted by Crippen LogP contribution is 2.13. The molecule has 0 aliphatic heterocycles. The van der Waals surface area contributed by atoms with E-state index in [0.717, 1.165) is 11.1 Å². The van der Waals surface area contributed by atoms with Gasteiger partial charge in [0.2, 0.25) is 0 Å². The van der Waals surface area contributed by atoms with Gasteiger partial charge in [0, 0.05) is 34.7 Å². The van der Waals surface area contributed by atoms with E-state index >= 15 is 0 Å². The molecule has 3 aromatic rings. The van der Waals surface area contributed by atoms with Crippen LogP contribution in [0.25, 0.3) is 0 Å². The molecule has 4 nitrogen and oxygen atoms in total. The predicted octanol–water partition coefficient (Wildman–Crippen LogP) is 4.09. The Hall–Kier alpha value is -3.23. The molecule has 3 rings (SSSR count). The van der Waals surface area contributed by atoms with Crippen LogP contribution in [0.15, 0.2) is 82.3 Å². The molecule has 0 saturated carbocycles. The summed E-state index contributed by atoms with van der Waals surface area (Å²) in [5, 5.41) is 0. The van der Waals surface area contributed by atoms with Crippen molar-refractivity contribution in [1.29, 1.82) is 0 Å². The molecule has 5 heteroatoms. The maximum absolute atomic E-state index is 12.8. The molecule has 0 spiro atoms. The molecule has 0 radical (unpaired) electrons. The first-order chi connectivity index (χ1) is 12.9. The summed E-state index contributed by atoms with van der Waals surface area (Å²) >= 11 is 0. The van der Waals surface area contributed by atoms with E-state index < -0.39 is 15.6 Å². The zero-order valence-electron chi connectivity index (χ0n) is 15.0. The van der Waals surface area contributed by atoms with Gasteiger partial charge >= 0.3 is 0 Å². The molecule has 0 fully saturated rings. The van der Waals surface area contributed by atoms with Gasteiger partial charge in [-0.1, -0.05) is 47.7 Å². The number of hydrogen-bond acceptors (Lipinski definition) is 3. The molecule has 1 aromatic heterocycles. The largest absolute Gasteiger partial charge is 0.286 e. The highest BCUT2D eigenvalue weighted by molar-refractivity contribution is 7.93. The van der Waals surface area contributed by atoms with Gasteiger partial charge in [-0.05, 0) is 37.3 Å². The van der Waals surface area contributed by atoms with E-state index in [4.69, 9.17) is 0 Å². The lowest BCUT2D eigenvalue weighted by Gasteiger charge is -2.03. The molecule has 1 heterocycles. The molecular weight excluding hydrogens is 356 g/mol. The maximum atomic E-state index is 12.8. The molecule has 1 atom stereocenters. The molecule has 0 saturated heterocycles. The molecule has 1 amide bonds. The van der Waals surface area contributed by atoms with Gasteiger partial charge < -0.3 is 0 Å². The van der Waals surface area contributed by atoms with E-state index in [2.05, 4.69) is 21.2 Å². The summed E-state index contributed by atoms with van der Waals surface area (Å²) in [6.07, 6.45) is 4.44. The third kappa shape index (κ3) is 4.90. The quantitative estimate of drug-likeness (QED) is 0.635. The first kappa shape index (κ1) is 18.6. The summed E-state index contributed by atoms with van der Waals surface area (Å²) in [4.78, 5) is 17.0. The topological polar surface area (TPSA) is 59.4 Å². The fraction of sp³-hybridized carbons (Fsp3) is 0.0909. The van der Waals surface area contributed by atoms with Crippen molar-refractivity contribution >= 4 is 15.6 Å². The number of benzene rings is 2. The number of hydrogen-bond donors (Lipinski definition) is 0. The van der Waals surface area contributed by atoms with Crippen molar-refractivity contribution in [3.05, 3.63) is 95.3 Å². The van der Waals surface area contributed by atoms with Gasteiger partial charge in [0.25, 0.3) is 5.91 Å². The van der Waals surface area contributed by atoms with Gasteiger partial charge in [-0.3, -0.25) is 9.78 Å². The monoisotopic (exact) mass is 374 g/mol. The van der Waals surface area contributed by atoms with E-state index in [1.165, 1.54) is 12.5 Å². The number of carbonyl (C=O) groups excluding carboxylic acids is 1. The van der Waals surface area contributed by atoms with Crippen LogP contribution in [0.4, 0.5) is 0 Å². The van der Waals surface area contributed by atoms with Gasteiger partial charge in [0.15, 0.2) is 0 Å². The summed E-state index contributed by atoms with van der Waals surface area (Å²) < 4.78 is 16.7. The van der Waals surface area contributed by atoms with E-state index in [1.807, 2.05) is 37.3 Å². The summed E-state index contributed by atoms with van der Waals surface area (Å²) in [6.45, 7) is 2.01. The van der Waals surface area contributed by atoms with Gasteiger partial charge in [-0.25, -0.2) is 4.21 Å². The minimum absolute atomic E-state index is 0.260. The lowest BCUT2D eigenvalue weighted by Crippen LogP contribution is -2.04. The fourth-order valence-electron chi connectivity index (χ4n) is 2.34. The van der Waals surface area contributed by atoms with Crippen LogP contribution in [0.2, 0.25) is 0 Å². The second-order valence-corrected chi connectivity index (χ2v) is 8.35. The van der Waals surface area contributed by atoms with Crippen LogP contribution in [0.1, 0.15) is 27.0 Å². The number of rotatable bonds is 2. The average molecular weight is 374 g/mol. The first-order valence-corrected chi connectivity index (χ1v) is 10.2. The minimum atomic E-state index is -2.82. The van der Waals surface area contributed by atoms with Gasteiger partial charge in [0.05, 0.1) is 15.3 Å². The van der Waals surface area contributed by atoms with Crippen LogP contribution in [0.5, 0.6) is 0 Å². The number of nitrogens with zero attached hydrogens (tertiary/aromatic N) is 2. The van der Waals surface area contributed by atoms with Crippen molar-refractivity contribution in [2.24, 2.45) is 4.36 Å². The zero-order chi connectivity index (χ0) is 19.3. The highest BCUT2D eigenvalue weighted by Gasteiger charge is 2.11. The van der Waals surface area contributed by atoms with E-state index in [9.17, 15) is 9.00 Å². The molecule has 0 bridgehead atoms. The Bertz CT molecular complexity index is 1150. The lowest BCUT2D eigenvalue weighted by molar-refractivity contribution is 0.100. The molecule has 27 heavy (non-hydrogen) atoms. The second kappa shape index (κ2) is 7.98. The van der Waals surface area contributed by atoms with Gasteiger partial charge in [-0.2, -0.15) is 4.36 Å². The number of amides is 1. The standard InChI is InChI=1S/C22H18N2O2S/c1-17-8-10-18(11-9-17)12-13-19-14-20(16-23-15-19)22(25)24-27(2,26)21-6-4-3-5-7-21/h3-11,14-16H,1-2H3. The van der Waals surface area contributed by atoms with Crippen molar-refractivity contribution in [2.45, 2.75) is 11.8 Å². The van der Waals surface area contributed by atoms with Crippen molar-refractivity contribution in [1.82, 2.24) is 4.98 Å². The van der Waals surface area contributed by atoms with Gasteiger partial charge in [0.1, 0.15) is 0 Å². The van der Waals surface area contributed by atoms with E-state index in [1.54, 1.807) is 36.5 Å². The molecule has 0 aliphatic rings. The maximum Gasteiger partial charge on any atom is 0.286 e. The lowest BCUT2D eigenvalue weighted by atomic mass is 10.1. The van der Waals surface area contributed by atoms with Crippen molar-refractivity contribution < 1.29 is 9.00 Å². The Balaban J connectivity index is 1.87. The number of aromatic nitrogens is 1. The molecular formula is C22H18N2O2S. The summed E-state index contributed by atoms with van der Waals surface area (Å²) in [6, 6.07) is 18.2. The highest BCUT2D eigenvalue weighted by atomic mass is 32.2. The van der Waals surface area contributed by atoms with Crippen LogP contribution in [0.3, 0.4) is 0 Å². The average Bonchev–Trinajstić information content (AvgIpc) is 2.68. The zero-order valence-corrected chi connectivity index (χ0v) is 15.9. The van der Waals surface area contributed by atoms with E-state index in [0.29, 0.717) is 10.5 Å². The van der Waals surface area contributed by atoms with Crippen LogP contribution in [0, 0.1) is 18.8 Å². The molecule has 0 N–H and O–H groups in total. The molecule has 2 aromatic carbocycles. The van der Waals surface area contributed by atoms with Crippen LogP contribution >= 0.6 is 0 Å². The smallest absolute Gasteiger partial charge is 0.266 e. The van der Waals surface area contributed by atoms with E-state index in [-0.39, 0.29) is 5.56 Å². The van der Waals surface area contributed by atoms with Crippen molar-refractivity contribution in [2.75, 3.05) is 6.26 Å². The summed E-state index contributed by atoms with van der Waals surface area (Å²) in [5.41, 5.74) is 2.90. The third-order valence-electron chi connectivity index (χ3n) is 3.83. The predicted molar refractivity (Wildman–Crippen MR) is 107 cm³/mol. The normalized spacial score (nSPS) is 12.4. The number of pyridine rings is 1. The fourth-order valence-corrected chi connectivity index (χ4v) is 3.53. The Labute approximate surface area is 159 Å². The van der Waals surface area contributed by atoms with Gasteiger partial charge in [-0.15, -0.1) is 0 Å². The molecule has 1 unspecified atom stereocenters. The molecule has 0 aliphatic carbocycles. The Morgan fingerprint density at radius 1 is 0.963 bits per heavy atom. The summed E-state index contributed by atoms with van der Waals surface area (Å²) in [5.74, 6) is 5.46. The Morgan fingerprint density at radius 2 is 1.63 bits per heavy atom. The number of aryl methyl sites for hydroxylation is 1. The van der Waals surface area contributed by atoms with Crippen molar-refractivity contribution in [3.63, 3.8) is 0 Å².